The maximum Gasteiger partial charge on any atom is 0.393 e. The van der Waals surface area contributed by atoms with E-state index in [1.807, 2.05) is 43.3 Å². The molecule has 1 aliphatic rings. The number of aryl methyl sites for hydroxylation is 1. The first kappa shape index (κ1) is 22.0. The van der Waals surface area contributed by atoms with E-state index >= 15 is 0 Å². The predicted octanol–water partition coefficient (Wildman–Crippen LogP) is 5.68. The van der Waals surface area contributed by atoms with Gasteiger partial charge in [0.15, 0.2) is 0 Å². The van der Waals surface area contributed by atoms with E-state index in [0.717, 1.165) is 39.3 Å². The highest BCUT2D eigenvalue weighted by molar-refractivity contribution is 5.94. The van der Waals surface area contributed by atoms with Crippen molar-refractivity contribution in [2.75, 3.05) is 13.2 Å². The van der Waals surface area contributed by atoms with Gasteiger partial charge in [-0.05, 0) is 60.0 Å². The Kier molecular flexibility index (Phi) is 5.51. The zero-order valence-electron chi connectivity index (χ0n) is 18.4. The first-order chi connectivity index (χ1) is 16.2. The van der Waals surface area contributed by atoms with Crippen LogP contribution in [0, 0.1) is 6.92 Å². The number of H-pyrrole nitrogens is 1. The van der Waals surface area contributed by atoms with Crippen LogP contribution in [0.5, 0.6) is 5.75 Å². The lowest BCUT2D eigenvalue weighted by Gasteiger charge is -2.20. The van der Waals surface area contributed by atoms with Crippen LogP contribution in [0.15, 0.2) is 60.7 Å². The third kappa shape index (κ3) is 4.62. The SMILES string of the molecule is Cc1nc2ccc(-c3ccc4c(c3)CN(C(=O)c3ccc(CC(F)(F)F)cc3)CCO4)cc2[nH]1. The maximum atomic E-state index is 13.1. The average molecular weight is 465 g/mol. The number of imidazole rings is 1. The number of fused-ring (bicyclic) bond motifs is 2. The van der Waals surface area contributed by atoms with E-state index in [2.05, 4.69) is 9.97 Å². The Morgan fingerprint density at radius 2 is 1.79 bits per heavy atom. The minimum atomic E-state index is -4.28. The first-order valence-electron chi connectivity index (χ1n) is 10.9. The number of nitrogens with zero attached hydrogens (tertiary/aromatic N) is 2. The molecule has 3 aromatic carbocycles. The van der Waals surface area contributed by atoms with Crippen LogP contribution in [0.4, 0.5) is 13.2 Å². The van der Waals surface area contributed by atoms with Gasteiger partial charge in [-0.25, -0.2) is 4.98 Å². The minimum absolute atomic E-state index is 0.127. The molecule has 174 valence electrons. The van der Waals surface area contributed by atoms with Crippen molar-refractivity contribution in [2.45, 2.75) is 26.1 Å². The van der Waals surface area contributed by atoms with Crippen LogP contribution in [-0.4, -0.2) is 40.1 Å². The van der Waals surface area contributed by atoms with Gasteiger partial charge >= 0.3 is 6.18 Å². The summed E-state index contributed by atoms with van der Waals surface area (Å²) in [7, 11) is 0. The van der Waals surface area contributed by atoms with Gasteiger partial charge in [-0.3, -0.25) is 4.79 Å². The number of nitrogens with one attached hydrogen (secondary N) is 1. The highest BCUT2D eigenvalue weighted by atomic mass is 19.4. The van der Waals surface area contributed by atoms with E-state index in [1.165, 1.54) is 24.3 Å². The van der Waals surface area contributed by atoms with Crippen molar-refractivity contribution in [3.05, 3.63) is 83.2 Å². The minimum Gasteiger partial charge on any atom is -0.491 e. The zero-order chi connectivity index (χ0) is 23.9. The van der Waals surface area contributed by atoms with Crippen molar-refractivity contribution in [1.29, 1.82) is 0 Å². The van der Waals surface area contributed by atoms with Gasteiger partial charge in [0.25, 0.3) is 5.91 Å². The smallest absolute Gasteiger partial charge is 0.393 e. The number of hydrogen-bond acceptors (Lipinski definition) is 3. The van der Waals surface area contributed by atoms with E-state index < -0.39 is 12.6 Å². The molecule has 0 saturated heterocycles. The summed E-state index contributed by atoms with van der Waals surface area (Å²) >= 11 is 0. The Bertz CT molecular complexity index is 1360. The normalized spacial score (nSPS) is 13.9. The topological polar surface area (TPSA) is 58.2 Å². The zero-order valence-corrected chi connectivity index (χ0v) is 18.4. The third-order valence-corrected chi connectivity index (χ3v) is 5.87. The average Bonchev–Trinajstić information content (AvgIpc) is 3.03. The van der Waals surface area contributed by atoms with E-state index in [4.69, 9.17) is 4.74 Å². The van der Waals surface area contributed by atoms with Gasteiger partial charge in [-0.15, -0.1) is 0 Å². The fraction of sp³-hybridized carbons (Fsp3) is 0.231. The number of carbonyl (C=O) groups is 1. The van der Waals surface area contributed by atoms with Crippen LogP contribution in [0.25, 0.3) is 22.2 Å². The van der Waals surface area contributed by atoms with Gasteiger partial charge in [-0.2, -0.15) is 13.2 Å². The molecule has 8 heteroatoms. The number of alkyl halides is 3. The fourth-order valence-corrected chi connectivity index (χ4v) is 4.24. The van der Waals surface area contributed by atoms with Gasteiger partial charge in [0, 0.05) is 17.7 Å². The molecule has 34 heavy (non-hydrogen) atoms. The van der Waals surface area contributed by atoms with Gasteiger partial charge < -0.3 is 14.6 Å². The molecular formula is C26H22F3N3O2. The quantitative estimate of drug-likeness (QED) is 0.424. The van der Waals surface area contributed by atoms with Crippen molar-refractivity contribution < 1.29 is 22.7 Å². The molecule has 0 spiro atoms. The fourth-order valence-electron chi connectivity index (χ4n) is 4.24. The van der Waals surface area contributed by atoms with Crippen LogP contribution in [-0.2, 0) is 13.0 Å². The molecule has 1 aliphatic heterocycles. The highest BCUT2D eigenvalue weighted by Crippen LogP contribution is 2.31. The lowest BCUT2D eigenvalue weighted by molar-refractivity contribution is -0.127. The first-order valence-corrected chi connectivity index (χ1v) is 10.9. The number of aromatic amines is 1. The van der Waals surface area contributed by atoms with Crippen molar-refractivity contribution in [1.82, 2.24) is 14.9 Å². The predicted molar refractivity (Wildman–Crippen MR) is 123 cm³/mol. The summed E-state index contributed by atoms with van der Waals surface area (Å²) in [6.45, 7) is 2.97. The summed E-state index contributed by atoms with van der Waals surface area (Å²) in [6.07, 6.45) is -5.30. The Balaban J connectivity index is 1.38. The molecule has 0 radical (unpaired) electrons. The number of hydrogen-bond donors (Lipinski definition) is 1. The Hall–Kier alpha value is -3.81. The second kappa shape index (κ2) is 8.52. The molecule has 0 atom stereocenters. The molecule has 0 saturated carbocycles. The number of carbonyl (C=O) groups excluding carboxylic acids is 1. The van der Waals surface area contributed by atoms with Crippen molar-refractivity contribution in [3.8, 4) is 16.9 Å². The number of aromatic nitrogens is 2. The second-order valence-electron chi connectivity index (χ2n) is 8.44. The monoisotopic (exact) mass is 465 g/mol. The molecule has 0 unspecified atom stereocenters. The highest BCUT2D eigenvalue weighted by Gasteiger charge is 2.28. The van der Waals surface area contributed by atoms with E-state index in [1.54, 1.807) is 4.90 Å². The van der Waals surface area contributed by atoms with Crippen LogP contribution < -0.4 is 4.74 Å². The molecule has 1 aromatic heterocycles. The van der Waals surface area contributed by atoms with Crippen LogP contribution in [0.1, 0.15) is 27.3 Å². The number of rotatable bonds is 3. The summed E-state index contributed by atoms with van der Waals surface area (Å²) in [6, 6.07) is 17.5. The molecule has 0 fully saturated rings. The van der Waals surface area contributed by atoms with Gasteiger partial charge in [0.05, 0.1) is 24.0 Å². The number of halogens is 3. The molecule has 0 aliphatic carbocycles. The van der Waals surface area contributed by atoms with Crippen LogP contribution >= 0.6 is 0 Å². The number of amides is 1. The third-order valence-electron chi connectivity index (χ3n) is 5.87. The van der Waals surface area contributed by atoms with Crippen molar-refractivity contribution >= 4 is 16.9 Å². The molecule has 1 N–H and O–H groups in total. The summed E-state index contributed by atoms with van der Waals surface area (Å²) in [5, 5.41) is 0. The van der Waals surface area contributed by atoms with Gasteiger partial charge in [-0.1, -0.05) is 24.3 Å². The van der Waals surface area contributed by atoms with Gasteiger partial charge in [0.2, 0.25) is 0 Å². The molecule has 5 nitrogen and oxygen atoms in total. The molecular weight excluding hydrogens is 443 g/mol. The molecule has 4 aromatic rings. The number of benzene rings is 3. The molecule has 0 bridgehead atoms. The van der Waals surface area contributed by atoms with E-state index in [9.17, 15) is 18.0 Å². The van der Waals surface area contributed by atoms with E-state index in [0.29, 0.717) is 25.3 Å². The largest absolute Gasteiger partial charge is 0.491 e. The Morgan fingerprint density at radius 3 is 2.56 bits per heavy atom. The second-order valence-corrected chi connectivity index (χ2v) is 8.44. The van der Waals surface area contributed by atoms with Crippen LogP contribution in [0.2, 0.25) is 0 Å². The standard InChI is InChI=1S/C26H22F3N3O2/c1-16-30-22-8-6-20(13-23(22)31-16)19-7-9-24-21(12-19)15-32(10-11-34-24)25(33)18-4-2-17(3-5-18)14-26(27,28)29/h2-9,12-13H,10-11,14-15H2,1H3,(H,30,31). The molecule has 2 heterocycles. The lowest BCUT2D eigenvalue weighted by atomic mass is 10.0. The van der Waals surface area contributed by atoms with Crippen molar-refractivity contribution in [3.63, 3.8) is 0 Å². The molecule has 1 amide bonds. The number of ether oxygens (including phenoxy) is 1. The Morgan fingerprint density at radius 1 is 1.06 bits per heavy atom. The summed E-state index contributed by atoms with van der Waals surface area (Å²) in [4.78, 5) is 22.4. The van der Waals surface area contributed by atoms with Gasteiger partial charge in [0.1, 0.15) is 18.2 Å². The summed E-state index contributed by atoms with van der Waals surface area (Å²) in [5.41, 5.74) is 5.21. The summed E-state index contributed by atoms with van der Waals surface area (Å²) in [5.74, 6) is 1.33. The summed E-state index contributed by atoms with van der Waals surface area (Å²) < 4.78 is 43.7. The molecule has 5 rings (SSSR count). The van der Waals surface area contributed by atoms with Crippen LogP contribution in [0.3, 0.4) is 0 Å². The van der Waals surface area contributed by atoms with E-state index in [-0.39, 0.29) is 11.5 Å². The lowest BCUT2D eigenvalue weighted by Crippen LogP contribution is -2.32. The van der Waals surface area contributed by atoms with Crippen molar-refractivity contribution in [2.24, 2.45) is 0 Å². The maximum absolute atomic E-state index is 13.1. The Labute approximate surface area is 194 Å².